The molecule has 4 amide bonds. The van der Waals surface area contributed by atoms with Crippen molar-refractivity contribution >= 4 is 17.8 Å². The van der Waals surface area contributed by atoms with Crippen molar-refractivity contribution in [1.29, 1.82) is 0 Å². The molecule has 1 aromatic heterocycles. The number of aromatic nitrogens is 2. The van der Waals surface area contributed by atoms with Crippen molar-refractivity contribution in [2.24, 2.45) is 5.92 Å². The van der Waals surface area contributed by atoms with E-state index in [1.807, 2.05) is 13.8 Å². The normalized spacial score (nSPS) is 19.0. The molecule has 0 radical (unpaired) electrons. The summed E-state index contributed by atoms with van der Waals surface area (Å²) in [7, 11) is 1.60. The molecule has 3 heterocycles. The van der Waals surface area contributed by atoms with Gasteiger partial charge in [0.15, 0.2) is 0 Å². The fourth-order valence-corrected chi connectivity index (χ4v) is 4.12. The maximum atomic E-state index is 13.3. The second-order valence-corrected chi connectivity index (χ2v) is 8.04. The van der Waals surface area contributed by atoms with Gasteiger partial charge < -0.3 is 14.5 Å². The molecule has 0 aromatic carbocycles. The predicted octanol–water partition coefficient (Wildman–Crippen LogP) is 1.41. The number of imide groups is 1. The van der Waals surface area contributed by atoms with Gasteiger partial charge in [-0.25, -0.2) is 14.8 Å². The number of methoxy groups -OCH3 is 1. The Morgan fingerprint density at radius 1 is 1.21 bits per heavy atom. The van der Waals surface area contributed by atoms with Gasteiger partial charge in [0.2, 0.25) is 0 Å². The summed E-state index contributed by atoms with van der Waals surface area (Å²) in [5.74, 6) is -0.0531. The number of ether oxygens (including phenoxy) is 1. The number of carbonyl (C=O) groups excluding carboxylic acids is 3. The van der Waals surface area contributed by atoms with Crippen LogP contribution in [0.15, 0.2) is 18.7 Å². The third kappa shape index (κ3) is 4.10. The van der Waals surface area contributed by atoms with E-state index in [0.29, 0.717) is 57.6 Å². The van der Waals surface area contributed by atoms with Crippen LogP contribution in [-0.2, 0) is 9.53 Å². The van der Waals surface area contributed by atoms with Crippen molar-refractivity contribution in [1.82, 2.24) is 24.7 Å². The summed E-state index contributed by atoms with van der Waals surface area (Å²) in [4.78, 5) is 51.7. The van der Waals surface area contributed by atoms with E-state index in [0.717, 1.165) is 0 Å². The molecule has 1 spiro atoms. The number of amides is 4. The first-order valence-electron chi connectivity index (χ1n) is 10.1. The van der Waals surface area contributed by atoms with E-state index < -0.39 is 5.54 Å². The molecule has 158 valence electrons. The molecule has 1 aromatic rings. The molecule has 29 heavy (non-hydrogen) atoms. The number of piperidine rings is 1. The Hall–Kier alpha value is -2.55. The van der Waals surface area contributed by atoms with Gasteiger partial charge in [0.25, 0.3) is 11.8 Å². The summed E-state index contributed by atoms with van der Waals surface area (Å²) in [6, 6.07) is -0.226. The number of urea groups is 1. The first-order valence-corrected chi connectivity index (χ1v) is 10.1. The van der Waals surface area contributed by atoms with Crippen LogP contribution in [0.1, 0.15) is 43.5 Å². The number of hydrogen-bond acceptors (Lipinski definition) is 6. The van der Waals surface area contributed by atoms with E-state index >= 15 is 0 Å². The fraction of sp³-hybridized carbons (Fsp3) is 0.650. The number of hydrogen-bond donors (Lipinski definition) is 0. The van der Waals surface area contributed by atoms with Crippen molar-refractivity contribution < 1.29 is 19.1 Å². The van der Waals surface area contributed by atoms with E-state index in [9.17, 15) is 14.4 Å². The molecule has 2 fully saturated rings. The van der Waals surface area contributed by atoms with Gasteiger partial charge in [-0.05, 0) is 25.2 Å². The second kappa shape index (κ2) is 8.86. The van der Waals surface area contributed by atoms with Crippen LogP contribution in [0.2, 0.25) is 0 Å². The van der Waals surface area contributed by atoms with Crippen LogP contribution in [0.5, 0.6) is 0 Å². The average molecular weight is 403 g/mol. The van der Waals surface area contributed by atoms with Gasteiger partial charge in [-0.1, -0.05) is 13.8 Å². The minimum Gasteiger partial charge on any atom is -0.385 e. The van der Waals surface area contributed by atoms with Crippen molar-refractivity contribution in [3.05, 3.63) is 24.3 Å². The zero-order chi connectivity index (χ0) is 21.0. The van der Waals surface area contributed by atoms with Crippen LogP contribution in [0.3, 0.4) is 0 Å². The van der Waals surface area contributed by atoms with E-state index in [1.54, 1.807) is 16.9 Å². The number of likely N-dealkylation sites (tertiary alicyclic amines) is 1. The minimum atomic E-state index is -0.863. The molecule has 2 saturated heterocycles. The highest BCUT2D eigenvalue weighted by molar-refractivity contribution is 6.07. The van der Waals surface area contributed by atoms with Gasteiger partial charge in [0.1, 0.15) is 11.9 Å². The molecule has 0 aliphatic carbocycles. The number of rotatable bonds is 7. The summed E-state index contributed by atoms with van der Waals surface area (Å²) in [5.41, 5.74) is -0.434. The van der Waals surface area contributed by atoms with Gasteiger partial charge >= 0.3 is 6.03 Å². The Labute approximate surface area is 171 Å². The van der Waals surface area contributed by atoms with Gasteiger partial charge in [-0.15, -0.1) is 0 Å². The van der Waals surface area contributed by atoms with Crippen molar-refractivity contribution in [2.75, 3.05) is 39.9 Å². The van der Waals surface area contributed by atoms with Crippen LogP contribution >= 0.6 is 0 Å². The van der Waals surface area contributed by atoms with E-state index in [2.05, 4.69) is 9.97 Å². The monoisotopic (exact) mass is 403 g/mol. The first-order chi connectivity index (χ1) is 13.9. The lowest BCUT2D eigenvalue weighted by molar-refractivity contribution is -0.135. The Kier molecular flexibility index (Phi) is 6.46. The largest absolute Gasteiger partial charge is 0.385 e. The maximum Gasteiger partial charge on any atom is 0.327 e. The molecule has 0 bridgehead atoms. The maximum absolute atomic E-state index is 13.3. The van der Waals surface area contributed by atoms with Crippen LogP contribution in [0, 0.1) is 5.92 Å². The van der Waals surface area contributed by atoms with Crippen LogP contribution < -0.4 is 0 Å². The van der Waals surface area contributed by atoms with Crippen molar-refractivity contribution in [3.63, 3.8) is 0 Å². The molecule has 2 aliphatic rings. The van der Waals surface area contributed by atoms with Gasteiger partial charge in [-0.3, -0.25) is 14.5 Å². The Morgan fingerprint density at radius 3 is 2.45 bits per heavy atom. The summed E-state index contributed by atoms with van der Waals surface area (Å²) in [6.45, 7) is 6.26. The molecular formula is C20H29N5O4. The molecule has 9 nitrogen and oxygen atoms in total. The SMILES string of the molecule is COCCCN1C(=O)N(CC(C)C)C2(CCN(C(=O)c3cncnc3)CC2)C1=O. The molecule has 9 heteroatoms. The van der Waals surface area contributed by atoms with Gasteiger partial charge in [-0.2, -0.15) is 0 Å². The molecule has 2 aliphatic heterocycles. The second-order valence-electron chi connectivity index (χ2n) is 8.04. The van der Waals surface area contributed by atoms with Crippen LogP contribution in [0.4, 0.5) is 4.79 Å². The topological polar surface area (TPSA) is 95.9 Å². The zero-order valence-electron chi connectivity index (χ0n) is 17.3. The van der Waals surface area contributed by atoms with Gasteiger partial charge in [0, 0.05) is 52.3 Å². The third-order valence-corrected chi connectivity index (χ3v) is 5.58. The highest BCUT2D eigenvalue weighted by Gasteiger charge is 2.57. The summed E-state index contributed by atoms with van der Waals surface area (Å²) in [5, 5.41) is 0. The predicted molar refractivity (Wildman–Crippen MR) is 105 cm³/mol. The number of carbonyl (C=O) groups is 3. The summed E-state index contributed by atoms with van der Waals surface area (Å²) in [6.07, 6.45) is 5.85. The van der Waals surface area contributed by atoms with Crippen LogP contribution in [0.25, 0.3) is 0 Å². The minimum absolute atomic E-state index is 0.144. The standard InChI is InChI=1S/C20H29N5O4/c1-15(2)13-25-19(28)24(7-4-10-29-3)18(27)20(25)5-8-23(9-6-20)17(26)16-11-21-14-22-12-16/h11-12,14-15H,4-10,13H2,1-3H3. The van der Waals surface area contributed by atoms with E-state index in [-0.39, 0.29) is 23.8 Å². The lowest BCUT2D eigenvalue weighted by atomic mass is 9.85. The molecule has 0 atom stereocenters. The average Bonchev–Trinajstić information content (AvgIpc) is 2.91. The highest BCUT2D eigenvalue weighted by atomic mass is 16.5. The van der Waals surface area contributed by atoms with E-state index in [4.69, 9.17) is 4.74 Å². The molecule has 0 saturated carbocycles. The number of nitrogens with zero attached hydrogens (tertiary/aromatic N) is 5. The smallest absolute Gasteiger partial charge is 0.327 e. The third-order valence-electron chi connectivity index (χ3n) is 5.58. The molecular weight excluding hydrogens is 374 g/mol. The molecule has 3 rings (SSSR count). The molecule has 0 N–H and O–H groups in total. The first kappa shape index (κ1) is 21.2. The Balaban J connectivity index is 1.76. The highest BCUT2D eigenvalue weighted by Crippen LogP contribution is 2.38. The van der Waals surface area contributed by atoms with E-state index in [1.165, 1.54) is 23.6 Å². The van der Waals surface area contributed by atoms with Crippen molar-refractivity contribution in [3.8, 4) is 0 Å². The lowest BCUT2D eigenvalue weighted by Crippen LogP contribution is -2.58. The molecule has 0 unspecified atom stereocenters. The van der Waals surface area contributed by atoms with Crippen LogP contribution in [-0.4, -0.2) is 87.9 Å². The van der Waals surface area contributed by atoms with Gasteiger partial charge in [0.05, 0.1) is 5.56 Å². The fourth-order valence-electron chi connectivity index (χ4n) is 4.12. The zero-order valence-corrected chi connectivity index (χ0v) is 17.3. The van der Waals surface area contributed by atoms with Crippen molar-refractivity contribution in [2.45, 2.75) is 38.6 Å². The Morgan fingerprint density at radius 2 is 1.86 bits per heavy atom. The Bertz CT molecular complexity index is 746. The summed E-state index contributed by atoms with van der Waals surface area (Å²) < 4.78 is 5.07. The quantitative estimate of drug-likeness (QED) is 0.505. The summed E-state index contributed by atoms with van der Waals surface area (Å²) >= 11 is 0. The lowest BCUT2D eigenvalue weighted by Gasteiger charge is -2.42.